The van der Waals surface area contributed by atoms with E-state index in [1.807, 2.05) is 6.20 Å². The van der Waals surface area contributed by atoms with Crippen molar-refractivity contribution in [3.8, 4) is 0 Å². The summed E-state index contributed by atoms with van der Waals surface area (Å²) < 4.78 is 0. The number of pyridine rings is 1. The van der Waals surface area contributed by atoms with Crippen LogP contribution in [-0.2, 0) is 6.54 Å². The van der Waals surface area contributed by atoms with Gasteiger partial charge in [0.25, 0.3) is 0 Å². The van der Waals surface area contributed by atoms with Gasteiger partial charge in [0.05, 0.1) is 5.69 Å². The van der Waals surface area contributed by atoms with Gasteiger partial charge in [-0.05, 0) is 17.5 Å². The third-order valence-electron chi connectivity index (χ3n) is 2.36. The summed E-state index contributed by atoms with van der Waals surface area (Å²) in [5.41, 5.74) is 9.43. The van der Waals surface area contributed by atoms with Crippen LogP contribution in [0.15, 0.2) is 12.3 Å². The zero-order valence-electron chi connectivity index (χ0n) is 8.41. The van der Waals surface area contributed by atoms with E-state index < -0.39 is 0 Å². The second-order valence-corrected chi connectivity index (χ2v) is 3.70. The minimum atomic E-state index is 0.449. The number of nitrogens with two attached hydrogens (primary N) is 1. The largest absolute Gasteiger partial charge is 0.325 e. The molecule has 4 nitrogen and oxygen atoms in total. The first-order valence-corrected chi connectivity index (χ1v) is 4.75. The van der Waals surface area contributed by atoms with Crippen molar-refractivity contribution < 1.29 is 0 Å². The predicted molar refractivity (Wildman–Crippen MR) is 55.9 cm³/mol. The Kier molecular flexibility index (Phi) is 2.21. The smallest absolute Gasteiger partial charge is 0.113 e. The van der Waals surface area contributed by atoms with E-state index in [4.69, 9.17) is 5.73 Å². The van der Waals surface area contributed by atoms with Crippen molar-refractivity contribution in [1.29, 1.82) is 0 Å². The zero-order valence-corrected chi connectivity index (χ0v) is 8.41. The molecule has 0 amide bonds. The van der Waals surface area contributed by atoms with Crippen molar-refractivity contribution in [2.75, 3.05) is 0 Å². The first-order valence-electron chi connectivity index (χ1n) is 4.75. The lowest BCUT2D eigenvalue weighted by Crippen LogP contribution is -1.97. The van der Waals surface area contributed by atoms with E-state index in [9.17, 15) is 0 Å². The van der Waals surface area contributed by atoms with E-state index in [2.05, 4.69) is 35.1 Å². The van der Waals surface area contributed by atoms with Gasteiger partial charge in [-0.1, -0.05) is 13.8 Å². The highest BCUT2D eigenvalue weighted by Gasteiger charge is 2.07. The van der Waals surface area contributed by atoms with Gasteiger partial charge in [0, 0.05) is 12.7 Å². The van der Waals surface area contributed by atoms with Crippen LogP contribution >= 0.6 is 0 Å². The molecule has 3 N–H and O–H groups in total. The first-order chi connectivity index (χ1) is 6.72. The highest BCUT2D eigenvalue weighted by atomic mass is 15.1. The topological polar surface area (TPSA) is 67.6 Å². The fourth-order valence-corrected chi connectivity index (χ4v) is 1.43. The van der Waals surface area contributed by atoms with Crippen LogP contribution in [0.2, 0.25) is 0 Å². The molecule has 0 aliphatic heterocycles. The maximum Gasteiger partial charge on any atom is 0.113 e. The Hall–Kier alpha value is -1.42. The van der Waals surface area contributed by atoms with E-state index in [0.717, 1.165) is 16.7 Å². The van der Waals surface area contributed by atoms with Crippen LogP contribution in [0.1, 0.15) is 31.0 Å². The average Bonchev–Trinajstić information content (AvgIpc) is 2.59. The number of nitrogens with zero attached hydrogens (tertiary/aromatic N) is 2. The Balaban J connectivity index is 2.57. The first kappa shape index (κ1) is 9.15. The molecule has 2 rings (SSSR count). The van der Waals surface area contributed by atoms with Gasteiger partial charge in [-0.2, -0.15) is 5.10 Å². The Morgan fingerprint density at radius 3 is 2.93 bits per heavy atom. The summed E-state index contributed by atoms with van der Waals surface area (Å²) in [6.45, 7) is 4.73. The number of aromatic amines is 1. The van der Waals surface area contributed by atoms with Gasteiger partial charge in [0.15, 0.2) is 0 Å². The maximum atomic E-state index is 5.55. The minimum absolute atomic E-state index is 0.449. The Morgan fingerprint density at radius 2 is 2.29 bits per heavy atom. The molecule has 2 aromatic rings. The molecule has 0 atom stereocenters. The molecule has 0 unspecified atom stereocenters. The summed E-state index contributed by atoms with van der Waals surface area (Å²) >= 11 is 0. The zero-order chi connectivity index (χ0) is 10.1. The molecule has 2 aromatic heterocycles. The Labute approximate surface area is 82.5 Å². The molecule has 0 aromatic carbocycles. The number of hydrogen-bond acceptors (Lipinski definition) is 3. The van der Waals surface area contributed by atoms with Crippen LogP contribution < -0.4 is 5.73 Å². The third kappa shape index (κ3) is 1.37. The van der Waals surface area contributed by atoms with Crippen LogP contribution in [0.4, 0.5) is 0 Å². The molecule has 0 saturated carbocycles. The quantitative estimate of drug-likeness (QED) is 0.754. The second kappa shape index (κ2) is 3.38. The molecule has 74 valence electrons. The molecule has 0 spiro atoms. The molecule has 0 fully saturated rings. The minimum Gasteiger partial charge on any atom is -0.325 e. The number of aromatic nitrogens is 3. The lowest BCUT2D eigenvalue weighted by atomic mass is 10.1. The van der Waals surface area contributed by atoms with Crippen LogP contribution in [-0.4, -0.2) is 15.2 Å². The van der Waals surface area contributed by atoms with E-state index >= 15 is 0 Å². The predicted octanol–water partition coefficient (Wildman–Crippen LogP) is 1.54. The van der Waals surface area contributed by atoms with Crippen LogP contribution in [0.25, 0.3) is 11.0 Å². The van der Waals surface area contributed by atoms with Gasteiger partial charge in [0.2, 0.25) is 0 Å². The second-order valence-electron chi connectivity index (χ2n) is 3.70. The molecule has 4 heteroatoms. The summed E-state index contributed by atoms with van der Waals surface area (Å²) in [4.78, 5) is 4.36. The molecule has 0 radical (unpaired) electrons. The van der Waals surface area contributed by atoms with Crippen LogP contribution in [0.3, 0.4) is 0 Å². The van der Waals surface area contributed by atoms with E-state index in [0.29, 0.717) is 12.5 Å². The summed E-state index contributed by atoms with van der Waals surface area (Å²) in [6.07, 6.45) is 1.89. The highest BCUT2D eigenvalue weighted by molar-refractivity contribution is 5.77. The van der Waals surface area contributed by atoms with E-state index in [1.165, 1.54) is 5.56 Å². The molecular weight excluding hydrogens is 176 g/mol. The molecule has 0 saturated heterocycles. The standard InChI is InChI=1S/C10H14N4/c1-6(2)7-3-8-10(12-5-7)9(4-11)14-13-8/h3,5-6H,4,11H2,1-2H3,(H,13,14). The van der Waals surface area contributed by atoms with Gasteiger partial charge < -0.3 is 5.73 Å². The fraction of sp³-hybridized carbons (Fsp3) is 0.400. The summed E-state index contributed by atoms with van der Waals surface area (Å²) in [5, 5.41) is 7.06. The van der Waals surface area contributed by atoms with Crippen molar-refractivity contribution in [3.05, 3.63) is 23.5 Å². The number of rotatable bonds is 2. The molecule has 0 aliphatic rings. The van der Waals surface area contributed by atoms with Gasteiger partial charge in [-0.25, -0.2) is 0 Å². The van der Waals surface area contributed by atoms with E-state index in [-0.39, 0.29) is 0 Å². The third-order valence-corrected chi connectivity index (χ3v) is 2.36. The number of fused-ring (bicyclic) bond motifs is 1. The van der Waals surface area contributed by atoms with Crippen molar-refractivity contribution >= 4 is 11.0 Å². The number of hydrogen-bond donors (Lipinski definition) is 2. The summed E-state index contributed by atoms with van der Waals surface area (Å²) in [5.74, 6) is 0.477. The average molecular weight is 190 g/mol. The number of nitrogens with one attached hydrogen (secondary N) is 1. The van der Waals surface area contributed by atoms with Crippen molar-refractivity contribution in [1.82, 2.24) is 15.2 Å². The fourth-order valence-electron chi connectivity index (χ4n) is 1.43. The van der Waals surface area contributed by atoms with Crippen molar-refractivity contribution in [3.63, 3.8) is 0 Å². The molecule has 2 heterocycles. The monoisotopic (exact) mass is 190 g/mol. The molecule has 0 aliphatic carbocycles. The maximum absolute atomic E-state index is 5.55. The van der Waals surface area contributed by atoms with Gasteiger partial charge in [-0.3, -0.25) is 10.1 Å². The summed E-state index contributed by atoms with van der Waals surface area (Å²) in [6, 6.07) is 2.06. The number of H-pyrrole nitrogens is 1. The normalized spacial score (nSPS) is 11.4. The van der Waals surface area contributed by atoms with Crippen molar-refractivity contribution in [2.45, 2.75) is 26.3 Å². The van der Waals surface area contributed by atoms with Crippen molar-refractivity contribution in [2.24, 2.45) is 5.73 Å². The Morgan fingerprint density at radius 1 is 1.50 bits per heavy atom. The highest BCUT2D eigenvalue weighted by Crippen LogP contribution is 2.19. The van der Waals surface area contributed by atoms with Crippen LogP contribution in [0, 0.1) is 0 Å². The molecule has 0 bridgehead atoms. The van der Waals surface area contributed by atoms with Gasteiger partial charge >= 0.3 is 0 Å². The lowest BCUT2D eigenvalue weighted by molar-refractivity contribution is 0.861. The summed E-state index contributed by atoms with van der Waals surface area (Å²) in [7, 11) is 0. The Bertz CT molecular complexity index is 444. The van der Waals surface area contributed by atoms with Gasteiger partial charge in [-0.15, -0.1) is 0 Å². The SMILES string of the molecule is CC(C)c1cnc2c(CN)[nH]nc2c1. The molecule has 14 heavy (non-hydrogen) atoms. The lowest BCUT2D eigenvalue weighted by Gasteiger charge is -2.03. The van der Waals surface area contributed by atoms with Crippen LogP contribution in [0.5, 0.6) is 0 Å². The van der Waals surface area contributed by atoms with E-state index in [1.54, 1.807) is 0 Å². The van der Waals surface area contributed by atoms with Gasteiger partial charge in [0.1, 0.15) is 11.0 Å². The molecular formula is C10H14N4.